The van der Waals surface area contributed by atoms with Crippen LogP contribution in [0.3, 0.4) is 0 Å². The number of aryl methyl sites for hydroxylation is 1. The van der Waals surface area contributed by atoms with Crippen LogP contribution in [0.2, 0.25) is 5.02 Å². The molecule has 2 amide bonds. The van der Waals surface area contributed by atoms with Crippen LogP contribution in [0.4, 0.5) is 0 Å². The van der Waals surface area contributed by atoms with E-state index in [-0.39, 0.29) is 36.7 Å². The molecule has 0 bridgehead atoms. The molecule has 1 aromatic heterocycles. The fourth-order valence-corrected chi connectivity index (χ4v) is 3.54. The van der Waals surface area contributed by atoms with E-state index >= 15 is 0 Å². The Hall–Kier alpha value is -2.09. The van der Waals surface area contributed by atoms with Crippen molar-refractivity contribution >= 4 is 35.8 Å². The number of piperazine rings is 1. The number of carbonyl (C=O) groups is 2. The van der Waals surface area contributed by atoms with Crippen molar-refractivity contribution < 1.29 is 9.59 Å². The second-order valence-corrected chi connectivity index (χ2v) is 7.15. The van der Waals surface area contributed by atoms with Gasteiger partial charge >= 0.3 is 0 Å². The van der Waals surface area contributed by atoms with Crippen molar-refractivity contribution in [3.05, 3.63) is 53.1 Å². The zero-order valence-electron chi connectivity index (χ0n) is 15.9. The quantitative estimate of drug-likeness (QED) is 0.769. The third kappa shape index (κ3) is 5.25. The van der Waals surface area contributed by atoms with Crippen LogP contribution in [0.25, 0.3) is 0 Å². The minimum Gasteiger partial charge on any atom is -0.349 e. The van der Waals surface area contributed by atoms with Gasteiger partial charge in [0.25, 0.3) is 0 Å². The van der Waals surface area contributed by atoms with E-state index in [0.717, 1.165) is 17.9 Å². The number of hydrogen-bond donors (Lipinski definition) is 2. The average Bonchev–Trinajstić information content (AvgIpc) is 3.07. The van der Waals surface area contributed by atoms with E-state index < -0.39 is 6.04 Å². The third-order valence-electron chi connectivity index (χ3n) is 4.75. The Morgan fingerprint density at radius 3 is 2.68 bits per heavy atom. The van der Waals surface area contributed by atoms with E-state index in [0.29, 0.717) is 18.1 Å². The molecule has 2 heterocycles. The van der Waals surface area contributed by atoms with Gasteiger partial charge in [0, 0.05) is 51.0 Å². The molecule has 7 nitrogen and oxygen atoms in total. The van der Waals surface area contributed by atoms with Crippen LogP contribution < -0.4 is 10.6 Å². The van der Waals surface area contributed by atoms with Gasteiger partial charge in [0.2, 0.25) is 11.8 Å². The largest absolute Gasteiger partial charge is 0.349 e. The van der Waals surface area contributed by atoms with Crippen molar-refractivity contribution in [3.63, 3.8) is 0 Å². The maximum Gasteiger partial charge on any atom is 0.225 e. The van der Waals surface area contributed by atoms with Gasteiger partial charge in [-0.3, -0.25) is 9.59 Å². The summed E-state index contributed by atoms with van der Waals surface area (Å²) in [5, 5.41) is 6.82. The molecule has 3 rings (SSSR count). The van der Waals surface area contributed by atoms with Crippen molar-refractivity contribution in [1.82, 2.24) is 25.1 Å². The summed E-state index contributed by atoms with van der Waals surface area (Å²) in [4.78, 5) is 31.1. The number of aromatic nitrogens is 2. The van der Waals surface area contributed by atoms with Crippen molar-refractivity contribution in [2.45, 2.75) is 25.4 Å². The zero-order valence-corrected chi connectivity index (χ0v) is 17.5. The normalized spacial score (nSPS) is 17.5. The number of rotatable bonds is 5. The Kier molecular flexibility index (Phi) is 7.86. The lowest BCUT2D eigenvalue weighted by Gasteiger charge is -2.36. The van der Waals surface area contributed by atoms with Crippen molar-refractivity contribution in [1.29, 1.82) is 0 Å². The number of hydrogen-bond acceptors (Lipinski definition) is 4. The predicted molar refractivity (Wildman–Crippen MR) is 110 cm³/mol. The Labute approximate surface area is 175 Å². The monoisotopic (exact) mass is 425 g/mol. The van der Waals surface area contributed by atoms with Crippen LogP contribution in [-0.4, -0.2) is 45.9 Å². The van der Waals surface area contributed by atoms with E-state index in [1.54, 1.807) is 18.3 Å². The second-order valence-electron chi connectivity index (χ2n) is 6.71. The first-order valence-electron chi connectivity index (χ1n) is 8.95. The SMILES string of the molecule is CC(=O)NC(CC(=O)N1CCNCC1c1nccn1C)c1ccc(Cl)cc1.Cl. The van der Waals surface area contributed by atoms with Gasteiger partial charge in [0.05, 0.1) is 12.5 Å². The maximum atomic E-state index is 13.1. The zero-order chi connectivity index (χ0) is 19.4. The maximum absolute atomic E-state index is 13.1. The lowest BCUT2D eigenvalue weighted by molar-refractivity contribution is -0.135. The van der Waals surface area contributed by atoms with Gasteiger partial charge in [-0.05, 0) is 17.7 Å². The Morgan fingerprint density at radius 2 is 2.07 bits per heavy atom. The number of carbonyl (C=O) groups excluding carboxylic acids is 2. The van der Waals surface area contributed by atoms with E-state index in [1.807, 2.05) is 34.8 Å². The first-order valence-corrected chi connectivity index (χ1v) is 9.33. The molecular weight excluding hydrogens is 401 g/mol. The molecule has 2 atom stereocenters. The van der Waals surface area contributed by atoms with E-state index in [9.17, 15) is 9.59 Å². The van der Waals surface area contributed by atoms with Gasteiger partial charge in [-0.1, -0.05) is 23.7 Å². The molecular formula is C19H25Cl2N5O2. The van der Waals surface area contributed by atoms with Gasteiger partial charge < -0.3 is 20.1 Å². The van der Waals surface area contributed by atoms with Crippen LogP contribution in [0, 0.1) is 0 Å². The van der Waals surface area contributed by atoms with Crippen LogP contribution >= 0.6 is 24.0 Å². The predicted octanol–water partition coefficient (Wildman–Crippen LogP) is 2.24. The highest BCUT2D eigenvalue weighted by molar-refractivity contribution is 6.30. The van der Waals surface area contributed by atoms with Gasteiger partial charge in [-0.2, -0.15) is 0 Å². The number of halogens is 2. The van der Waals surface area contributed by atoms with E-state index in [4.69, 9.17) is 11.6 Å². The average molecular weight is 426 g/mol. The van der Waals surface area contributed by atoms with Gasteiger partial charge in [-0.15, -0.1) is 12.4 Å². The summed E-state index contributed by atoms with van der Waals surface area (Å²) in [6, 6.07) is 6.67. The molecule has 1 fully saturated rings. The first kappa shape index (κ1) is 22.2. The van der Waals surface area contributed by atoms with Crippen LogP contribution in [0.15, 0.2) is 36.7 Å². The molecule has 1 aliphatic heterocycles. The molecule has 0 spiro atoms. The summed E-state index contributed by atoms with van der Waals surface area (Å²) >= 11 is 5.96. The second kappa shape index (κ2) is 9.91. The molecule has 152 valence electrons. The minimum absolute atomic E-state index is 0. The highest BCUT2D eigenvalue weighted by Crippen LogP contribution is 2.25. The lowest BCUT2D eigenvalue weighted by Crippen LogP contribution is -2.50. The Balaban J connectivity index is 0.00000280. The molecule has 2 unspecified atom stereocenters. The topological polar surface area (TPSA) is 79.3 Å². The molecule has 2 N–H and O–H groups in total. The van der Waals surface area contributed by atoms with Gasteiger partial charge in [0.1, 0.15) is 11.9 Å². The fraction of sp³-hybridized carbons (Fsp3) is 0.421. The number of benzene rings is 1. The number of amides is 2. The highest BCUT2D eigenvalue weighted by atomic mass is 35.5. The smallest absolute Gasteiger partial charge is 0.225 e. The summed E-state index contributed by atoms with van der Waals surface area (Å²) in [6.07, 6.45) is 3.79. The molecule has 2 aromatic rings. The van der Waals surface area contributed by atoms with E-state index in [2.05, 4.69) is 15.6 Å². The van der Waals surface area contributed by atoms with Crippen molar-refractivity contribution in [2.24, 2.45) is 7.05 Å². The van der Waals surface area contributed by atoms with Crippen LogP contribution in [0.1, 0.15) is 36.8 Å². The standard InChI is InChI=1S/C19H24ClN5O2.ClH/c1-13(26)23-16(14-3-5-15(20)6-4-14)11-18(27)25-10-7-21-12-17(25)19-22-8-9-24(19)2;/h3-6,8-9,16-17,21H,7,10-12H2,1-2H3,(H,23,26);1H. The van der Waals surface area contributed by atoms with Gasteiger partial charge in [0.15, 0.2) is 0 Å². The molecule has 1 saturated heterocycles. The third-order valence-corrected chi connectivity index (χ3v) is 5.00. The lowest BCUT2D eigenvalue weighted by atomic mass is 10.0. The van der Waals surface area contributed by atoms with Crippen molar-refractivity contribution in [3.8, 4) is 0 Å². The highest BCUT2D eigenvalue weighted by Gasteiger charge is 2.31. The molecule has 9 heteroatoms. The molecule has 1 aliphatic rings. The van der Waals surface area contributed by atoms with E-state index in [1.165, 1.54) is 6.92 Å². The summed E-state index contributed by atoms with van der Waals surface area (Å²) in [5.41, 5.74) is 0.853. The molecule has 0 radical (unpaired) electrons. The first-order chi connectivity index (χ1) is 13.0. The summed E-state index contributed by atoms with van der Waals surface area (Å²) in [5.74, 6) is 0.653. The van der Waals surface area contributed by atoms with Gasteiger partial charge in [-0.25, -0.2) is 4.98 Å². The summed E-state index contributed by atoms with van der Waals surface area (Å²) < 4.78 is 1.93. The Morgan fingerprint density at radius 1 is 1.36 bits per heavy atom. The number of imidazole rings is 1. The molecule has 1 aromatic carbocycles. The fourth-order valence-electron chi connectivity index (χ4n) is 3.42. The number of nitrogens with zero attached hydrogens (tertiary/aromatic N) is 3. The Bertz CT molecular complexity index is 809. The number of nitrogens with one attached hydrogen (secondary N) is 2. The summed E-state index contributed by atoms with van der Waals surface area (Å²) in [7, 11) is 1.92. The molecule has 0 aliphatic carbocycles. The van der Waals surface area contributed by atoms with Crippen LogP contribution in [-0.2, 0) is 16.6 Å². The van der Waals surface area contributed by atoms with Crippen LogP contribution in [0.5, 0.6) is 0 Å². The van der Waals surface area contributed by atoms with Crippen molar-refractivity contribution in [2.75, 3.05) is 19.6 Å². The molecule has 28 heavy (non-hydrogen) atoms. The minimum atomic E-state index is -0.399. The summed E-state index contributed by atoms with van der Waals surface area (Å²) in [6.45, 7) is 3.44. The molecule has 0 saturated carbocycles.